The first-order valence-corrected chi connectivity index (χ1v) is 6.69. The summed E-state index contributed by atoms with van der Waals surface area (Å²) >= 11 is 0. The smallest absolute Gasteiger partial charge is 0.0862 e. The quantitative estimate of drug-likeness (QED) is 0.578. The Balaban J connectivity index is 1.70. The van der Waals surface area contributed by atoms with E-state index in [1.165, 1.54) is 0 Å². The number of anilines is 1. The molecule has 19 heavy (non-hydrogen) atoms. The van der Waals surface area contributed by atoms with Crippen molar-refractivity contribution in [1.82, 2.24) is 19.6 Å². The van der Waals surface area contributed by atoms with Crippen molar-refractivity contribution in [3.8, 4) is 0 Å². The number of nitrogens with two attached hydrogens (primary N) is 1. The van der Waals surface area contributed by atoms with Gasteiger partial charge in [-0.1, -0.05) is 0 Å². The van der Waals surface area contributed by atoms with Gasteiger partial charge in [-0.15, -0.1) is 0 Å². The highest BCUT2D eigenvalue weighted by atomic mass is 16.3. The normalized spacial score (nSPS) is 19.7. The van der Waals surface area contributed by atoms with E-state index >= 15 is 0 Å². The van der Waals surface area contributed by atoms with Gasteiger partial charge in [-0.05, 0) is 0 Å². The summed E-state index contributed by atoms with van der Waals surface area (Å²) in [5.74, 6) is 0. The Bertz CT molecular complexity index is 376. The van der Waals surface area contributed by atoms with Gasteiger partial charge >= 0.3 is 0 Å². The van der Waals surface area contributed by atoms with Crippen molar-refractivity contribution in [2.45, 2.75) is 12.6 Å². The van der Waals surface area contributed by atoms with E-state index in [4.69, 9.17) is 10.8 Å². The molecule has 2 rings (SSSR count). The predicted molar refractivity (Wildman–Crippen MR) is 72.6 cm³/mol. The minimum Gasteiger partial charge on any atom is -0.396 e. The lowest BCUT2D eigenvalue weighted by Gasteiger charge is -2.35. The monoisotopic (exact) mass is 269 g/mol. The molecule has 0 radical (unpaired) electrons. The summed E-state index contributed by atoms with van der Waals surface area (Å²) in [7, 11) is 0. The van der Waals surface area contributed by atoms with Gasteiger partial charge in [0.25, 0.3) is 0 Å². The van der Waals surface area contributed by atoms with Crippen LogP contribution < -0.4 is 5.73 Å². The van der Waals surface area contributed by atoms with Crippen LogP contribution in [-0.2, 0) is 6.54 Å². The SMILES string of the molecule is Nc1cnn(CC(O)CN2CCN(CCO)CC2)c1. The van der Waals surface area contributed by atoms with Crippen LogP contribution >= 0.6 is 0 Å². The van der Waals surface area contributed by atoms with Gasteiger partial charge in [-0.3, -0.25) is 14.5 Å². The highest BCUT2D eigenvalue weighted by molar-refractivity contribution is 5.30. The van der Waals surface area contributed by atoms with E-state index in [2.05, 4.69) is 14.9 Å². The van der Waals surface area contributed by atoms with Crippen LogP contribution in [0.2, 0.25) is 0 Å². The number of piperazine rings is 1. The number of aliphatic hydroxyl groups excluding tert-OH is 2. The number of hydrogen-bond acceptors (Lipinski definition) is 6. The Morgan fingerprint density at radius 1 is 1.21 bits per heavy atom. The molecule has 1 saturated heterocycles. The maximum Gasteiger partial charge on any atom is 0.0862 e. The molecule has 1 fully saturated rings. The van der Waals surface area contributed by atoms with Crippen LogP contribution in [-0.4, -0.2) is 81.8 Å². The highest BCUT2D eigenvalue weighted by Gasteiger charge is 2.19. The second-order valence-corrected chi connectivity index (χ2v) is 5.02. The van der Waals surface area contributed by atoms with Crippen molar-refractivity contribution in [2.24, 2.45) is 0 Å². The van der Waals surface area contributed by atoms with Crippen LogP contribution in [0.1, 0.15) is 0 Å². The van der Waals surface area contributed by atoms with Crippen molar-refractivity contribution in [1.29, 1.82) is 0 Å². The molecule has 1 aliphatic heterocycles. The van der Waals surface area contributed by atoms with Crippen LogP contribution in [0.3, 0.4) is 0 Å². The molecule has 0 amide bonds. The molecule has 0 aromatic carbocycles. The van der Waals surface area contributed by atoms with Crippen LogP contribution in [0.15, 0.2) is 12.4 Å². The van der Waals surface area contributed by atoms with E-state index < -0.39 is 6.10 Å². The molecule has 1 aromatic rings. The number of aromatic nitrogens is 2. The van der Waals surface area contributed by atoms with E-state index in [9.17, 15) is 5.11 Å². The van der Waals surface area contributed by atoms with E-state index in [1.54, 1.807) is 17.1 Å². The fourth-order valence-electron chi connectivity index (χ4n) is 2.39. The summed E-state index contributed by atoms with van der Waals surface area (Å²) in [5, 5.41) is 23.0. The van der Waals surface area contributed by atoms with Crippen molar-refractivity contribution in [2.75, 3.05) is 51.6 Å². The number of rotatable bonds is 6. The van der Waals surface area contributed by atoms with Crippen LogP contribution in [0.4, 0.5) is 5.69 Å². The molecule has 1 atom stereocenters. The predicted octanol–water partition coefficient (Wildman–Crippen LogP) is -1.56. The maximum absolute atomic E-state index is 10.0. The number of nitrogens with zero attached hydrogens (tertiary/aromatic N) is 4. The van der Waals surface area contributed by atoms with Gasteiger partial charge in [0, 0.05) is 45.5 Å². The largest absolute Gasteiger partial charge is 0.396 e. The Morgan fingerprint density at radius 3 is 2.47 bits per heavy atom. The van der Waals surface area contributed by atoms with E-state index in [0.29, 0.717) is 18.8 Å². The van der Waals surface area contributed by atoms with Crippen molar-refractivity contribution >= 4 is 5.69 Å². The van der Waals surface area contributed by atoms with Gasteiger partial charge in [0.1, 0.15) is 0 Å². The molecule has 0 saturated carbocycles. The fraction of sp³-hybridized carbons (Fsp3) is 0.750. The Hall–Kier alpha value is -1.15. The standard InChI is InChI=1S/C12H23N5O2/c13-11-7-14-17(8-11)10-12(19)9-16-3-1-15(2-4-16)5-6-18/h7-8,12,18-19H,1-6,9-10,13H2. The van der Waals surface area contributed by atoms with Gasteiger partial charge < -0.3 is 15.9 Å². The van der Waals surface area contributed by atoms with Gasteiger partial charge in [0.2, 0.25) is 0 Å². The topological polar surface area (TPSA) is 90.8 Å². The number of hydrogen-bond donors (Lipinski definition) is 3. The molecule has 1 unspecified atom stereocenters. The summed E-state index contributed by atoms with van der Waals surface area (Å²) in [5.41, 5.74) is 6.20. The molecule has 0 bridgehead atoms. The van der Waals surface area contributed by atoms with E-state index in [-0.39, 0.29) is 6.61 Å². The lowest BCUT2D eigenvalue weighted by atomic mass is 10.2. The third-order valence-electron chi connectivity index (χ3n) is 3.40. The Morgan fingerprint density at radius 2 is 1.89 bits per heavy atom. The maximum atomic E-state index is 10.0. The molecule has 108 valence electrons. The average molecular weight is 269 g/mol. The minimum atomic E-state index is -0.441. The van der Waals surface area contributed by atoms with Gasteiger partial charge in [-0.25, -0.2) is 0 Å². The third kappa shape index (κ3) is 4.46. The lowest BCUT2D eigenvalue weighted by Crippen LogP contribution is -2.49. The molecule has 1 aromatic heterocycles. The minimum absolute atomic E-state index is 0.212. The average Bonchev–Trinajstić information content (AvgIpc) is 2.77. The van der Waals surface area contributed by atoms with Gasteiger partial charge in [0.15, 0.2) is 0 Å². The second-order valence-electron chi connectivity index (χ2n) is 5.02. The number of aliphatic hydroxyl groups is 2. The van der Waals surface area contributed by atoms with E-state index in [1.807, 2.05) is 0 Å². The highest BCUT2D eigenvalue weighted by Crippen LogP contribution is 2.04. The van der Waals surface area contributed by atoms with Crippen LogP contribution in [0.5, 0.6) is 0 Å². The van der Waals surface area contributed by atoms with Crippen molar-refractivity contribution in [3.63, 3.8) is 0 Å². The molecule has 7 nitrogen and oxygen atoms in total. The van der Waals surface area contributed by atoms with Crippen LogP contribution in [0.25, 0.3) is 0 Å². The zero-order valence-electron chi connectivity index (χ0n) is 11.1. The first kappa shape index (κ1) is 14.3. The van der Waals surface area contributed by atoms with E-state index in [0.717, 1.165) is 32.7 Å². The molecule has 2 heterocycles. The first-order chi connectivity index (χ1) is 9.17. The van der Waals surface area contributed by atoms with Crippen molar-refractivity contribution in [3.05, 3.63) is 12.4 Å². The van der Waals surface area contributed by atoms with Gasteiger partial charge in [-0.2, -0.15) is 5.10 Å². The summed E-state index contributed by atoms with van der Waals surface area (Å²) in [6.45, 7) is 5.81. The molecular weight excluding hydrogens is 246 g/mol. The molecule has 7 heteroatoms. The summed E-state index contributed by atoms with van der Waals surface area (Å²) in [4.78, 5) is 4.47. The Kier molecular flexibility index (Phi) is 5.15. The first-order valence-electron chi connectivity index (χ1n) is 6.69. The molecule has 0 aliphatic carbocycles. The summed E-state index contributed by atoms with van der Waals surface area (Å²) < 4.78 is 1.67. The van der Waals surface area contributed by atoms with Crippen LogP contribution in [0, 0.1) is 0 Å². The second kappa shape index (κ2) is 6.85. The Labute approximate surface area is 113 Å². The molecule has 4 N–H and O–H groups in total. The molecule has 0 spiro atoms. The zero-order chi connectivity index (χ0) is 13.7. The lowest BCUT2D eigenvalue weighted by molar-refractivity contribution is 0.0575. The molecule has 1 aliphatic rings. The number of nitrogen functional groups attached to an aromatic ring is 1. The summed E-state index contributed by atoms with van der Waals surface area (Å²) in [6, 6.07) is 0. The zero-order valence-corrected chi connectivity index (χ0v) is 11.1. The molecular formula is C12H23N5O2. The van der Waals surface area contributed by atoms with Crippen molar-refractivity contribution < 1.29 is 10.2 Å². The third-order valence-corrected chi connectivity index (χ3v) is 3.40. The van der Waals surface area contributed by atoms with Gasteiger partial charge in [0.05, 0.1) is 31.1 Å². The number of β-amino-alcohol motifs (C(OH)–C–C–N with tert-alkyl or cyclic N) is 2. The fourth-order valence-corrected chi connectivity index (χ4v) is 2.39. The summed E-state index contributed by atoms with van der Waals surface area (Å²) in [6.07, 6.45) is 2.87.